The maximum atomic E-state index is 11.3. The van der Waals surface area contributed by atoms with Gasteiger partial charge in [-0.2, -0.15) is 0 Å². The third kappa shape index (κ3) is 1.14. The number of fused-ring (bicyclic) bond motifs is 1. The first kappa shape index (κ1) is 9.27. The Kier molecular flexibility index (Phi) is 2.07. The summed E-state index contributed by atoms with van der Waals surface area (Å²) in [4.78, 5) is 22.4. The first-order valence-electron chi connectivity index (χ1n) is 4.14. The fourth-order valence-corrected chi connectivity index (χ4v) is 1.92. The smallest absolute Gasteiger partial charge is 0.292 e. The van der Waals surface area contributed by atoms with Gasteiger partial charge < -0.3 is 10.1 Å². The summed E-state index contributed by atoms with van der Waals surface area (Å²) in [6, 6.07) is 0. The van der Waals surface area contributed by atoms with Crippen LogP contribution in [-0.2, 0) is 14.3 Å². The summed E-state index contributed by atoms with van der Waals surface area (Å²) in [5.74, 6) is -1.05. The van der Waals surface area contributed by atoms with E-state index in [1.165, 1.54) is 7.11 Å². The zero-order chi connectivity index (χ0) is 10.3. The number of ketones is 1. The van der Waals surface area contributed by atoms with Crippen LogP contribution in [0.25, 0.3) is 0 Å². The average molecular weight is 214 g/mol. The molecule has 1 atom stereocenters. The van der Waals surface area contributed by atoms with E-state index >= 15 is 0 Å². The van der Waals surface area contributed by atoms with Crippen molar-refractivity contribution in [3.8, 4) is 0 Å². The molecule has 0 aromatic heterocycles. The molecule has 0 aromatic rings. The van der Waals surface area contributed by atoms with Gasteiger partial charge in [-0.25, -0.2) is 0 Å². The lowest BCUT2D eigenvalue weighted by Gasteiger charge is -2.17. The number of allylic oxidation sites excluding steroid dienone is 3. The number of ether oxygens (including phenoxy) is 1. The van der Waals surface area contributed by atoms with Gasteiger partial charge >= 0.3 is 0 Å². The predicted molar refractivity (Wildman–Crippen MR) is 49.2 cm³/mol. The van der Waals surface area contributed by atoms with Gasteiger partial charge in [0.1, 0.15) is 0 Å². The second-order valence-electron chi connectivity index (χ2n) is 3.11. The fraction of sp³-hybridized carbons (Fsp3) is 0.333. The maximum absolute atomic E-state index is 11.3. The lowest BCUT2D eigenvalue weighted by atomic mass is 9.95. The molecule has 1 fully saturated rings. The quantitative estimate of drug-likeness (QED) is 0.652. The first-order valence-corrected chi connectivity index (χ1v) is 4.52. The van der Waals surface area contributed by atoms with E-state index in [4.69, 9.17) is 16.3 Å². The number of hydrogen-bond donors (Lipinski definition) is 1. The van der Waals surface area contributed by atoms with Crippen LogP contribution in [0.5, 0.6) is 0 Å². The number of nitrogens with one attached hydrogen (secondary N) is 1. The monoisotopic (exact) mass is 213 g/mol. The Morgan fingerprint density at radius 1 is 1.57 bits per heavy atom. The molecule has 1 heterocycles. The Labute approximate surface area is 85.6 Å². The van der Waals surface area contributed by atoms with Gasteiger partial charge in [-0.1, -0.05) is 17.7 Å². The van der Waals surface area contributed by atoms with E-state index in [0.29, 0.717) is 22.9 Å². The number of carbonyl (C=O) groups excluding carboxylic acids is 2. The van der Waals surface area contributed by atoms with E-state index in [-0.39, 0.29) is 0 Å². The number of rotatable bonds is 1. The van der Waals surface area contributed by atoms with Gasteiger partial charge in [-0.3, -0.25) is 9.59 Å². The largest absolute Gasteiger partial charge is 0.493 e. The number of methoxy groups -OCH3 is 1. The minimum Gasteiger partial charge on any atom is -0.493 e. The maximum Gasteiger partial charge on any atom is 0.292 e. The Morgan fingerprint density at radius 3 is 2.93 bits per heavy atom. The third-order valence-electron chi connectivity index (χ3n) is 2.34. The molecule has 1 saturated heterocycles. The van der Waals surface area contributed by atoms with Crippen molar-refractivity contribution in [3.05, 3.63) is 22.6 Å². The molecule has 1 aliphatic heterocycles. The number of halogens is 1. The molecule has 0 saturated carbocycles. The highest BCUT2D eigenvalue weighted by atomic mass is 35.5. The van der Waals surface area contributed by atoms with Crippen molar-refractivity contribution in [2.45, 2.75) is 6.42 Å². The molecule has 14 heavy (non-hydrogen) atoms. The lowest BCUT2D eigenvalue weighted by molar-refractivity contribution is -0.136. The van der Waals surface area contributed by atoms with Crippen LogP contribution in [0.4, 0.5) is 0 Å². The summed E-state index contributed by atoms with van der Waals surface area (Å²) in [7, 11) is 1.45. The standard InChI is InChI=1S/C9H8ClNO3/c1-14-8-5(10)3-2-4-6(8)11-9(13)7(4)12/h3-4H,2H2,1H3,(H,11,13). The molecule has 0 aromatic carbocycles. The zero-order valence-electron chi connectivity index (χ0n) is 7.46. The Hall–Kier alpha value is -1.29. The molecule has 2 aliphatic rings. The minimum atomic E-state index is -0.584. The van der Waals surface area contributed by atoms with Crippen LogP contribution in [0.3, 0.4) is 0 Å². The van der Waals surface area contributed by atoms with Crippen molar-refractivity contribution in [2.24, 2.45) is 5.92 Å². The second kappa shape index (κ2) is 3.13. The molecule has 1 N–H and O–H groups in total. The fourth-order valence-electron chi connectivity index (χ4n) is 1.65. The van der Waals surface area contributed by atoms with Gasteiger partial charge in [0.2, 0.25) is 5.78 Å². The van der Waals surface area contributed by atoms with Gasteiger partial charge in [-0.15, -0.1) is 0 Å². The van der Waals surface area contributed by atoms with E-state index in [1.54, 1.807) is 6.08 Å². The van der Waals surface area contributed by atoms with E-state index in [1.807, 2.05) is 0 Å². The number of Topliss-reactive ketones (excluding diaryl/α,β-unsaturated/α-hetero) is 1. The SMILES string of the molecule is COC1=C2NC(=O)C(=O)C2CC=C1Cl. The van der Waals surface area contributed by atoms with Crippen LogP contribution in [0, 0.1) is 5.92 Å². The summed E-state index contributed by atoms with van der Waals surface area (Å²) in [6.45, 7) is 0. The van der Waals surface area contributed by atoms with E-state index < -0.39 is 17.6 Å². The van der Waals surface area contributed by atoms with Crippen LogP contribution in [-0.4, -0.2) is 18.8 Å². The van der Waals surface area contributed by atoms with Crippen LogP contribution in [0.15, 0.2) is 22.6 Å². The summed E-state index contributed by atoms with van der Waals surface area (Å²) >= 11 is 5.86. The van der Waals surface area contributed by atoms with Gasteiger partial charge in [-0.05, 0) is 6.42 Å². The molecular formula is C9H8ClNO3. The summed E-state index contributed by atoms with van der Waals surface area (Å²) in [6.07, 6.45) is 2.14. The van der Waals surface area contributed by atoms with Crippen molar-refractivity contribution < 1.29 is 14.3 Å². The molecule has 5 heteroatoms. The van der Waals surface area contributed by atoms with E-state index in [0.717, 1.165) is 0 Å². The Balaban J connectivity index is 2.47. The molecule has 0 bridgehead atoms. The highest BCUT2D eigenvalue weighted by Gasteiger charge is 2.40. The molecule has 1 aliphatic carbocycles. The number of hydrogen-bond acceptors (Lipinski definition) is 3. The lowest BCUT2D eigenvalue weighted by Crippen LogP contribution is -2.18. The molecule has 4 nitrogen and oxygen atoms in total. The third-order valence-corrected chi connectivity index (χ3v) is 2.66. The summed E-state index contributed by atoms with van der Waals surface area (Å²) in [5.41, 5.74) is 0.495. The van der Waals surface area contributed by atoms with Gasteiger partial charge in [0, 0.05) is 0 Å². The molecule has 1 unspecified atom stereocenters. The second-order valence-corrected chi connectivity index (χ2v) is 3.51. The zero-order valence-corrected chi connectivity index (χ0v) is 8.22. The van der Waals surface area contributed by atoms with Crippen LogP contribution in [0.2, 0.25) is 0 Å². The molecular weight excluding hydrogens is 206 g/mol. The Bertz CT molecular complexity index is 384. The normalized spacial score (nSPS) is 25.9. The summed E-state index contributed by atoms with van der Waals surface area (Å²) < 4.78 is 5.03. The Morgan fingerprint density at radius 2 is 2.29 bits per heavy atom. The average Bonchev–Trinajstić information content (AvgIpc) is 2.43. The van der Waals surface area contributed by atoms with Crippen molar-refractivity contribution in [1.82, 2.24) is 5.32 Å². The first-order chi connectivity index (χ1) is 6.65. The van der Waals surface area contributed by atoms with Crippen molar-refractivity contribution in [3.63, 3.8) is 0 Å². The summed E-state index contributed by atoms with van der Waals surface area (Å²) in [5, 5.41) is 2.92. The topological polar surface area (TPSA) is 55.4 Å². The van der Waals surface area contributed by atoms with Crippen LogP contribution < -0.4 is 5.32 Å². The van der Waals surface area contributed by atoms with Gasteiger partial charge in [0.15, 0.2) is 5.76 Å². The van der Waals surface area contributed by atoms with Crippen molar-refractivity contribution >= 4 is 23.3 Å². The van der Waals surface area contributed by atoms with E-state index in [9.17, 15) is 9.59 Å². The highest BCUT2D eigenvalue weighted by molar-refractivity contribution is 6.41. The van der Waals surface area contributed by atoms with E-state index in [2.05, 4.69) is 5.32 Å². The minimum absolute atomic E-state index is 0.391. The van der Waals surface area contributed by atoms with Crippen molar-refractivity contribution in [2.75, 3.05) is 7.11 Å². The predicted octanol–water partition coefficient (Wildman–Crippen LogP) is 0.686. The van der Waals surface area contributed by atoms with Crippen molar-refractivity contribution in [1.29, 1.82) is 0 Å². The molecule has 1 amide bonds. The number of amides is 1. The van der Waals surface area contributed by atoms with Gasteiger partial charge in [0.25, 0.3) is 5.91 Å². The molecule has 74 valence electrons. The molecule has 2 rings (SSSR count). The van der Waals surface area contributed by atoms with Crippen LogP contribution >= 0.6 is 11.6 Å². The molecule has 0 spiro atoms. The molecule has 0 radical (unpaired) electrons. The van der Waals surface area contributed by atoms with Crippen LogP contribution in [0.1, 0.15) is 6.42 Å². The highest BCUT2D eigenvalue weighted by Crippen LogP contribution is 2.34. The van der Waals surface area contributed by atoms with Gasteiger partial charge in [0.05, 0.1) is 23.8 Å². The number of carbonyl (C=O) groups is 2.